The van der Waals surface area contributed by atoms with Crippen molar-refractivity contribution in [2.45, 2.75) is 26.2 Å². The lowest BCUT2D eigenvalue weighted by Gasteiger charge is -2.24. The van der Waals surface area contributed by atoms with Crippen molar-refractivity contribution in [3.63, 3.8) is 0 Å². The maximum atomic E-state index is 13.2. The van der Waals surface area contributed by atoms with Gasteiger partial charge in [0.1, 0.15) is 16.4 Å². The molecule has 0 atom stereocenters. The first-order valence-corrected chi connectivity index (χ1v) is 13.7. The van der Waals surface area contributed by atoms with E-state index in [9.17, 15) is 14.7 Å². The molecule has 5 N–H and O–H groups in total. The molecule has 4 aromatic rings. The van der Waals surface area contributed by atoms with Gasteiger partial charge in [0.15, 0.2) is 5.13 Å². The summed E-state index contributed by atoms with van der Waals surface area (Å²) in [5, 5.41) is 13.7. The van der Waals surface area contributed by atoms with Crippen molar-refractivity contribution in [3.05, 3.63) is 64.7 Å². The Labute approximate surface area is 225 Å². The lowest BCUT2D eigenvalue weighted by Crippen LogP contribution is -2.28. The number of benzene rings is 2. The lowest BCUT2D eigenvalue weighted by molar-refractivity contribution is 0.0691. The Hall–Kier alpha value is -3.89. The minimum Gasteiger partial charge on any atom is -0.477 e. The first-order chi connectivity index (χ1) is 18.4. The number of aromatic nitrogens is 2. The van der Waals surface area contributed by atoms with Crippen LogP contribution in [0.1, 0.15) is 51.9 Å². The number of H-pyrrole nitrogens is 1. The molecule has 1 aliphatic rings. The Morgan fingerprint density at radius 3 is 2.63 bits per heavy atom. The van der Waals surface area contributed by atoms with E-state index in [1.54, 1.807) is 18.2 Å². The molecular weight excluding hydrogens is 500 g/mol. The van der Waals surface area contributed by atoms with E-state index in [4.69, 9.17) is 5.73 Å². The number of nitrogen functional groups attached to an aromatic ring is 1. The van der Waals surface area contributed by atoms with Crippen LogP contribution >= 0.6 is 11.3 Å². The summed E-state index contributed by atoms with van der Waals surface area (Å²) in [5.41, 5.74) is 9.21. The van der Waals surface area contributed by atoms with Gasteiger partial charge >= 0.3 is 5.97 Å². The summed E-state index contributed by atoms with van der Waals surface area (Å²) in [7, 11) is 0. The van der Waals surface area contributed by atoms with Gasteiger partial charge in [-0.25, -0.2) is 9.78 Å². The van der Waals surface area contributed by atoms with Gasteiger partial charge in [0, 0.05) is 40.9 Å². The summed E-state index contributed by atoms with van der Waals surface area (Å²) in [5.74, 6) is -1.15. The maximum absolute atomic E-state index is 13.2. The van der Waals surface area contributed by atoms with Gasteiger partial charge < -0.3 is 30.9 Å². The number of carbonyl (C=O) groups excluding carboxylic acids is 1. The predicted molar refractivity (Wildman–Crippen MR) is 153 cm³/mol. The van der Waals surface area contributed by atoms with Crippen molar-refractivity contribution < 1.29 is 14.7 Å². The molecule has 0 spiro atoms. The third-order valence-corrected chi connectivity index (χ3v) is 7.93. The molecule has 0 unspecified atom stereocenters. The predicted octanol–water partition coefficient (Wildman–Crippen LogP) is 5.19. The van der Waals surface area contributed by atoms with Crippen LogP contribution < -0.4 is 16.0 Å². The van der Waals surface area contributed by atoms with Gasteiger partial charge in [0.05, 0.1) is 0 Å². The minimum atomic E-state index is -1.05. The third kappa shape index (κ3) is 5.66. The number of nitrogens with two attached hydrogens (primary N) is 1. The van der Waals surface area contributed by atoms with E-state index in [0.717, 1.165) is 37.1 Å². The zero-order chi connectivity index (χ0) is 26.6. The standard InChI is InChI=1S/C28H32N6O3S/c1-2-34(15-5-14-33-12-3-4-13-33)21-10-8-20(9-11-21)30-28-32-26(29)25(38-28)24(35)19-7-6-18-16-23(27(36)37)31-22(18)17-19/h6-11,16-17,31H,2-5,12-15,29H2,1H3,(H,30,32)(H,36,37). The van der Waals surface area contributed by atoms with Gasteiger partial charge in [0.2, 0.25) is 5.78 Å². The average Bonchev–Trinajstić information content (AvgIpc) is 3.66. The Morgan fingerprint density at radius 2 is 1.92 bits per heavy atom. The summed E-state index contributed by atoms with van der Waals surface area (Å²) < 4.78 is 0. The van der Waals surface area contributed by atoms with Crippen molar-refractivity contribution in [3.8, 4) is 0 Å². The third-order valence-electron chi connectivity index (χ3n) is 6.94. The number of aromatic amines is 1. The maximum Gasteiger partial charge on any atom is 0.352 e. The van der Waals surface area contributed by atoms with Crippen molar-refractivity contribution in [2.75, 3.05) is 48.7 Å². The first kappa shape index (κ1) is 25.7. The van der Waals surface area contributed by atoms with E-state index in [0.29, 0.717) is 21.1 Å². The summed E-state index contributed by atoms with van der Waals surface area (Å²) >= 11 is 1.19. The van der Waals surface area contributed by atoms with E-state index >= 15 is 0 Å². The zero-order valence-electron chi connectivity index (χ0n) is 21.4. The zero-order valence-corrected chi connectivity index (χ0v) is 22.2. The van der Waals surface area contributed by atoms with Crippen molar-refractivity contribution >= 4 is 56.3 Å². The second kappa shape index (κ2) is 11.2. The molecule has 0 saturated carbocycles. The molecule has 3 heterocycles. The number of ketones is 1. The number of carbonyl (C=O) groups is 2. The topological polar surface area (TPSA) is 128 Å². The molecule has 1 fully saturated rings. The van der Waals surface area contributed by atoms with Crippen molar-refractivity contribution in [2.24, 2.45) is 0 Å². The molecule has 5 rings (SSSR count). The van der Waals surface area contributed by atoms with Gasteiger partial charge in [0.25, 0.3) is 0 Å². The summed E-state index contributed by atoms with van der Waals surface area (Å²) in [6.45, 7) is 7.78. The molecule has 1 saturated heterocycles. The van der Waals surface area contributed by atoms with E-state index in [-0.39, 0.29) is 17.3 Å². The quantitative estimate of drug-likeness (QED) is 0.194. The van der Waals surface area contributed by atoms with Gasteiger partial charge in [-0.2, -0.15) is 0 Å². The number of nitrogens with zero attached hydrogens (tertiary/aromatic N) is 3. The van der Waals surface area contributed by atoms with Crippen molar-refractivity contribution in [1.29, 1.82) is 0 Å². The molecule has 10 heteroatoms. The van der Waals surface area contributed by atoms with E-state index in [1.807, 2.05) is 12.1 Å². The first-order valence-electron chi connectivity index (χ1n) is 12.9. The summed E-state index contributed by atoms with van der Waals surface area (Å²) in [6, 6.07) is 14.8. The molecule has 198 valence electrons. The van der Waals surface area contributed by atoms with Crippen LogP contribution in [0.15, 0.2) is 48.5 Å². The summed E-state index contributed by atoms with van der Waals surface area (Å²) in [6.07, 6.45) is 3.80. The number of aromatic carboxylic acids is 1. The van der Waals surface area contributed by atoms with E-state index in [1.165, 1.54) is 49.0 Å². The minimum absolute atomic E-state index is 0.0727. The molecule has 0 bridgehead atoms. The Balaban J connectivity index is 1.23. The highest BCUT2D eigenvalue weighted by atomic mass is 32.1. The smallest absolute Gasteiger partial charge is 0.352 e. The molecule has 0 amide bonds. The number of fused-ring (bicyclic) bond motifs is 1. The second-order valence-corrected chi connectivity index (χ2v) is 10.5. The normalized spacial score (nSPS) is 13.7. The lowest BCUT2D eigenvalue weighted by atomic mass is 10.1. The van der Waals surface area contributed by atoms with Crippen LogP contribution in [0, 0.1) is 0 Å². The number of anilines is 4. The molecule has 2 aromatic heterocycles. The molecule has 2 aromatic carbocycles. The number of carboxylic acid groups (broad SMARTS) is 1. The molecule has 0 radical (unpaired) electrons. The number of nitrogens with one attached hydrogen (secondary N) is 2. The van der Waals surface area contributed by atoms with Gasteiger partial charge in [-0.15, -0.1) is 0 Å². The number of hydrogen-bond donors (Lipinski definition) is 4. The van der Waals surface area contributed by atoms with Crippen LogP contribution in [0.4, 0.5) is 22.3 Å². The summed E-state index contributed by atoms with van der Waals surface area (Å²) in [4.78, 5) is 36.8. The fourth-order valence-electron chi connectivity index (χ4n) is 4.90. The molecule has 1 aliphatic heterocycles. The Bertz CT molecular complexity index is 1440. The molecular formula is C28H32N6O3S. The molecule has 0 aliphatic carbocycles. The highest BCUT2D eigenvalue weighted by Gasteiger charge is 2.19. The van der Waals surface area contributed by atoms with E-state index < -0.39 is 5.97 Å². The van der Waals surface area contributed by atoms with Crippen LogP contribution in [-0.4, -0.2) is 64.5 Å². The van der Waals surface area contributed by atoms with Gasteiger partial charge in [-0.1, -0.05) is 23.5 Å². The van der Waals surface area contributed by atoms with Crippen LogP contribution in [0.3, 0.4) is 0 Å². The highest BCUT2D eigenvalue weighted by molar-refractivity contribution is 7.18. The number of thiazole rings is 1. The molecule has 9 nitrogen and oxygen atoms in total. The van der Waals surface area contributed by atoms with Crippen LogP contribution in [0.25, 0.3) is 10.9 Å². The number of likely N-dealkylation sites (tertiary alicyclic amines) is 1. The Kier molecular flexibility index (Phi) is 7.62. The second-order valence-electron chi connectivity index (χ2n) is 9.51. The highest BCUT2D eigenvalue weighted by Crippen LogP contribution is 2.31. The monoisotopic (exact) mass is 532 g/mol. The largest absolute Gasteiger partial charge is 0.477 e. The van der Waals surface area contributed by atoms with Crippen molar-refractivity contribution in [1.82, 2.24) is 14.9 Å². The number of rotatable bonds is 11. The fourth-order valence-corrected chi connectivity index (χ4v) is 5.77. The van der Waals surface area contributed by atoms with Gasteiger partial charge in [-0.05, 0) is 82.2 Å². The fraction of sp³-hybridized carbons (Fsp3) is 0.321. The van der Waals surface area contributed by atoms with Crippen LogP contribution in [0.2, 0.25) is 0 Å². The number of carboxylic acids is 1. The average molecular weight is 533 g/mol. The Morgan fingerprint density at radius 1 is 1.16 bits per heavy atom. The molecule has 38 heavy (non-hydrogen) atoms. The van der Waals surface area contributed by atoms with Crippen LogP contribution in [-0.2, 0) is 0 Å². The SMILES string of the molecule is CCN(CCCN1CCCC1)c1ccc(Nc2nc(N)c(C(=O)c3ccc4cc(C(=O)O)[nH]c4c3)s2)cc1. The van der Waals surface area contributed by atoms with Gasteiger partial charge in [-0.3, -0.25) is 4.79 Å². The van der Waals surface area contributed by atoms with E-state index in [2.05, 4.69) is 44.1 Å². The van der Waals surface area contributed by atoms with Crippen LogP contribution in [0.5, 0.6) is 0 Å². The number of hydrogen-bond acceptors (Lipinski definition) is 8.